The van der Waals surface area contributed by atoms with Crippen molar-refractivity contribution in [3.8, 4) is 0 Å². The smallest absolute Gasteiger partial charge is 0.321 e. The third-order valence-corrected chi connectivity index (χ3v) is 2.97. The lowest BCUT2D eigenvalue weighted by molar-refractivity contribution is -0.384. The first-order valence-corrected chi connectivity index (χ1v) is 7.57. The Kier molecular flexibility index (Phi) is 6.69. The van der Waals surface area contributed by atoms with E-state index in [-0.39, 0.29) is 24.1 Å². The van der Waals surface area contributed by atoms with Crippen molar-refractivity contribution in [3.63, 3.8) is 0 Å². The Morgan fingerprint density at radius 2 is 1.83 bits per heavy atom. The molecule has 0 aliphatic heterocycles. The lowest BCUT2D eigenvalue weighted by Gasteiger charge is -2.20. The summed E-state index contributed by atoms with van der Waals surface area (Å²) < 4.78 is 5.19. The number of nitrogens with zero attached hydrogens (tertiary/aromatic N) is 2. The van der Waals surface area contributed by atoms with Crippen molar-refractivity contribution in [2.75, 3.05) is 18.9 Å². The largest absolute Gasteiger partial charge is 0.460 e. The summed E-state index contributed by atoms with van der Waals surface area (Å²) in [4.78, 5) is 35.1. The number of carbonyl (C=O) groups is 2. The van der Waals surface area contributed by atoms with Gasteiger partial charge in [0.15, 0.2) is 0 Å². The molecule has 0 aromatic heterocycles. The van der Waals surface area contributed by atoms with Gasteiger partial charge in [-0.1, -0.05) is 0 Å². The van der Waals surface area contributed by atoms with Crippen molar-refractivity contribution in [2.45, 2.75) is 39.2 Å². The molecule has 1 aromatic rings. The summed E-state index contributed by atoms with van der Waals surface area (Å²) >= 11 is 0. The number of non-ortho nitro benzene ring substituents is 1. The molecule has 0 heterocycles. The van der Waals surface area contributed by atoms with Crippen LogP contribution in [-0.4, -0.2) is 41.0 Å². The van der Waals surface area contributed by atoms with Gasteiger partial charge in [-0.3, -0.25) is 14.9 Å². The first kappa shape index (κ1) is 19.4. The molecule has 0 aliphatic carbocycles. The van der Waals surface area contributed by atoms with Gasteiger partial charge in [0.25, 0.3) is 5.69 Å². The highest BCUT2D eigenvalue weighted by molar-refractivity contribution is 5.89. The first-order valence-electron chi connectivity index (χ1n) is 7.57. The van der Waals surface area contributed by atoms with Crippen molar-refractivity contribution in [3.05, 3.63) is 34.4 Å². The summed E-state index contributed by atoms with van der Waals surface area (Å²) in [6.45, 7) is 5.79. The second-order valence-electron chi connectivity index (χ2n) is 6.35. The van der Waals surface area contributed by atoms with Crippen LogP contribution in [0.25, 0.3) is 0 Å². The highest BCUT2D eigenvalue weighted by Gasteiger charge is 2.16. The summed E-state index contributed by atoms with van der Waals surface area (Å²) in [6, 6.07) is 5.21. The molecular weight excluding hydrogens is 314 g/mol. The summed E-state index contributed by atoms with van der Waals surface area (Å²) in [5.41, 5.74) is -0.0979. The van der Waals surface area contributed by atoms with Crippen molar-refractivity contribution in [1.29, 1.82) is 0 Å². The number of esters is 1. The average molecular weight is 337 g/mol. The van der Waals surface area contributed by atoms with Crippen LogP contribution in [0, 0.1) is 10.1 Å². The molecule has 0 spiro atoms. The highest BCUT2D eigenvalue weighted by Crippen LogP contribution is 2.15. The molecule has 1 N–H and O–H groups in total. The van der Waals surface area contributed by atoms with E-state index in [1.165, 1.54) is 29.2 Å². The molecule has 0 saturated heterocycles. The number of hydrogen-bond donors (Lipinski definition) is 1. The quantitative estimate of drug-likeness (QED) is 0.488. The van der Waals surface area contributed by atoms with Crippen molar-refractivity contribution in [2.24, 2.45) is 0 Å². The molecule has 0 aliphatic rings. The van der Waals surface area contributed by atoms with Crippen molar-refractivity contribution in [1.82, 2.24) is 4.90 Å². The standard InChI is InChI=1S/C16H23N3O5/c1-16(2,3)24-14(20)6-5-11-18(4)15(21)17-12-7-9-13(10-8-12)19(22)23/h7-10H,5-6,11H2,1-4H3,(H,17,21). The molecule has 0 unspecified atom stereocenters. The van der Waals surface area contributed by atoms with Gasteiger partial charge < -0.3 is 15.0 Å². The van der Waals surface area contributed by atoms with Gasteiger partial charge in [0.1, 0.15) is 5.60 Å². The Balaban J connectivity index is 2.39. The molecule has 2 amide bonds. The predicted octanol–water partition coefficient (Wildman–Crippen LogP) is 3.18. The Hall–Kier alpha value is -2.64. The molecule has 0 fully saturated rings. The van der Waals surface area contributed by atoms with E-state index >= 15 is 0 Å². The number of benzene rings is 1. The number of amides is 2. The fraction of sp³-hybridized carbons (Fsp3) is 0.500. The van der Waals surface area contributed by atoms with Gasteiger partial charge >= 0.3 is 12.0 Å². The Morgan fingerprint density at radius 3 is 2.33 bits per heavy atom. The zero-order valence-corrected chi connectivity index (χ0v) is 14.4. The molecule has 0 saturated carbocycles. The number of nitro groups is 1. The Bertz CT molecular complexity index is 593. The van der Waals surface area contributed by atoms with Crippen LogP contribution >= 0.6 is 0 Å². The summed E-state index contributed by atoms with van der Waals surface area (Å²) in [5.74, 6) is -0.299. The maximum atomic E-state index is 12.0. The highest BCUT2D eigenvalue weighted by atomic mass is 16.6. The lowest BCUT2D eigenvalue weighted by atomic mass is 10.2. The number of urea groups is 1. The summed E-state index contributed by atoms with van der Waals surface area (Å²) in [7, 11) is 1.61. The van der Waals surface area contributed by atoms with E-state index in [0.29, 0.717) is 18.7 Å². The third-order valence-electron chi connectivity index (χ3n) is 2.97. The third kappa shape index (κ3) is 7.08. The molecule has 1 aromatic carbocycles. The van der Waals surface area contributed by atoms with Crippen LogP contribution in [-0.2, 0) is 9.53 Å². The summed E-state index contributed by atoms with van der Waals surface area (Å²) in [6.07, 6.45) is 0.714. The number of nitro benzene ring substituents is 1. The van der Waals surface area contributed by atoms with E-state index in [0.717, 1.165) is 0 Å². The van der Waals surface area contributed by atoms with Gasteiger partial charge in [0, 0.05) is 37.8 Å². The van der Waals surface area contributed by atoms with E-state index in [2.05, 4.69) is 5.32 Å². The van der Waals surface area contributed by atoms with Gasteiger partial charge in [0.2, 0.25) is 0 Å². The number of hydrogen-bond acceptors (Lipinski definition) is 5. The van der Waals surface area contributed by atoms with Crippen LogP contribution in [0.3, 0.4) is 0 Å². The van der Waals surface area contributed by atoms with Crippen molar-refractivity contribution >= 4 is 23.4 Å². The van der Waals surface area contributed by atoms with Crippen LogP contribution in [0.5, 0.6) is 0 Å². The molecule has 1 rings (SSSR count). The molecular formula is C16H23N3O5. The van der Waals surface area contributed by atoms with E-state index in [1.807, 2.05) is 0 Å². The molecule has 132 valence electrons. The minimum absolute atomic E-state index is 0.0429. The van der Waals surface area contributed by atoms with Gasteiger partial charge in [-0.05, 0) is 39.3 Å². The second kappa shape index (κ2) is 8.28. The fourth-order valence-corrected chi connectivity index (χ4v) is 1.84. The van der Waals surface area contributed by atoms with Crippen LogP contribution < -0.4 is 5.32 Å². The van der Waals surface area contributed by atoms with Gasteiger partial charge in [-0.2, -0.15) is 0 Å². The number of carbonyl (C=O) groups excluding carboxylic acids is 2. The Labute approximate surface area is 140 Å². The normalized spacial score (nSPS) is 10.8. The topological polar surface area (TPSA) is 102 Å². The molecule has 0 atom stereocenters. The average Bonchev–Trinajstić information content (AvgIpc) is 2.45. The number of nitrogens with one attached hydrogen (secondary N) is 1. The first-order chi connectivity index (χ1) is 11.1. The molecule has 24 heavy (non-hydrogen) atoms. The summed E-state index contributed by atoms with van der Waals surface area (Å²) in [5, 5.41) is 13.2. The lowest BCUT2D eigenvalue weighted by Crippen LogP contribution is -2.32. The fourth-order valence-electron chi connectivity index (χ4n) is 1.84. The van der Waals surface area contributed by atoms with Crippen molar-refractivity contribution < 1.29 is 19.2 Å². The SMILES string of the molecule is CN(CCCC(=O)OC(C)(C)C)C(=O)Nc1ccc([N+](=O)[O-])cc1. The predicted molar refractivity (Wildman–Crippen MR) is 89.8 cm³/mol. The number of anilines is 1. The van der Waals surface area contributed by atoms with E-state index in [9.17, 15) is 19.7 Å². The van der Waals surface area contributed by atoms with Crippen LogP contribution in [0.15, 0.2) is 24.3 Å². The van der Waals surface area contributed by atoms with Crippen LogP contribution in [0.4, 0.5) is 16.2 Å². The molecule has 8 nitrogen and oxygen atoms in total. The minimum atomic E-state index is -0.518. The van der Waals surface area contributed by atoms with Gasteiger partial charge in [-0.25, -0.2) is 4.79 Å². The maximum Gasteiger partial charge on any atom is 0.321 e. The zero-order chi connectivity index (χ0) is 18.3. The number of rotatable bonds is 6. The zero-order valence-electron chi connectivity index (χ0n) is 14.4. The maximum absolute atomic E-state index is 12.0. The van der Waals surface area contributed by atoms with E-state index in [1.54, 1.807) is 27.8 Å². The second-order valence-corrected chi connectivity index (χ2v) is 6.35. The molecule has 0 radical (unpaired) electrons. The van der Waals surface area contributed by atoms with Gasteiger partial charge in [-0.15, -0.1) is 0 Å². The Morgan fingerprint density at radius 1 is 1.25 bits per heavy atom. The van der Waals surface area contributed by atoms with Gasteiger partial charge in [0.05, 0.1) is 4.92 Å². The minimum Gasteiger partial charge on any atom is -0.460 e. The molecule has 0 bridgehead atoms. The van der Waals surface area contributed by atoms with E-state index in [4.69, 9.17) is 4.74 Å². The van der Waals surface area contributed by atoms with E-state index < -0.39 is 10.5 Å². The molecule has 8 heteroatoms. The van der Waals surface area contributed by atoms with Crippen LogP contribution in [0.1, 0.15) is 33.6 Å². The number of ether oxygens (including phenoxy) is 1. The van der Waals surface area contributed by atoms with Crippen LogP contribution in [0.2, 0.25) is 0 Å². The monoisotopic (exact) mass is 337 g/mol.